The number of piperazine rings is 1. The fourth-order valence-corrected chi connectivity index (χ4v) is 4.58. The maximum atomic E-state index is 14.4. The molecule has 3 heterocycles. The van der Waals surface area contributed by atoms with Gasteiger partial charge in [-0.2, -0.15) is 10.2 Å². The molecular weight excluding hydrogens is 551 g/mol. The number of rotatable bonds is 11. The van der Waals surface area contributed by atoms with Gasteiger partial charge in [-0.25, -0.2) is 14.2 Å². The Kier molecular flexibility index (Phi) is 10.8. The molecule has 0 radical (unpaired) electrons. The molecule has 0 saturated carbocycles. The van der Waals surface area contributed by atoms with E-state index in [-0.39, 0.29) is 11.5 Å². The molecule has 13 heteroatoms. The largest absolute Gasteiger partial charge is 0.453 e. The van der Waals surface area contributed by atoms with Gasteiger partial charge in [-0.05, 0) is 50.2 Å². The number of pyridine rings is 1. The van der Waals surface area contributed by atoms with Crippen molar-refractivity contribution in [2.24, 2.45) is 0 Å². The molecule has 3 N–H and O–H groups in total. The summed E-state index contributed by atoms with van der Waals surface area (Å²) < 4.78 is 18.9. The van der Waals surface area contributed by atoms with Gasteiger partial charge in [-0.1, -0.05) is 11.6 Å². The number of ether oxygens (including phenoxy) is 1. The van der Waals surface area contributed by atoms with E-state index in [0.717, 1.165) is 39.1 Å². The predicted octanol–water partition coefficient (Wildman–Crippen LogP) is 4.08. The summed E-state index contributed by atoms with van der Waals surface area (Å²) in [6.45, 7) is 7.55. The maximum Gasteiger partial charge on any atom is 0.406 e. The molecule has 3 aromatic rings. The first kappa shape index (κ1) is 30.1. The van der Waals surface area contributed by atoms with Crippen LogP contribution in [0.25, 0.3) is 11.3 Å². The molecule has 0 bridgehead atoms. The lowest BCUT2D eigenvalue weighted by Gasteiger charge is -2.34. The molecule has 0 aliphatic carbocycles. The highest BCUT2D eigenvalue weighted by Crippen LogP contribution is 2.28. The van der Waals surface area contributed by atoms with Crippen LogP contribution in [0.2, 0.25) is 5.02 Å². The van der Waals surface area contributed by atoms with Gasteiger partial charge in [-0.15, -0.1) is 0 Å². The Labute approximate surface area is 243 Å². The molecule has 218 valence electrons. The predicted molar refractivity (Wildman–Crippen MR) is 156 cm³/mol. The normalized spacial score (nSPS) is 14.0. The Morgan fingerprint density at radius 2 is 1.80 bits per heavy atom. The van der Waals surface area contributed by atoms with Gasteiger partial charge in [0.2, 0.25) is 5.91 Å². The van der Waals surface area contributed by atoms with Crippen molar-refractivity contribution >= 4 is 40.8 Å². The number of halogens is 2. The third-order valence-electron chi connectivity index (χ3n) is 6.72. The first-order valence-electron chi connectivity index (χ1n) is 13.4. The Hall–Kier alpha value is -3.87. The summed E-state index contributed by atoms with van der Waals surface area (Å²) in [5.41, 5.74) is 2.54. The molecule has 1 aliphatic heterocycles. The number of aromatic nitrogens is 3. The van der Waals surface area contributed by atoms with E-state index in [1.165, 1.54) is 25.3 Å². The van der Waals surface area contributed by atoms with E-state index in [2.05, 4.69) is 45.7 Å². The number of methoxy groups -OCH3 is 1. The second kappa shape index (κ2) is 14.7. The Bertz CT molecular complexity index is 1350. The number of hydrogen-bond acceptors (Lipinski definition) is 9. The summed E-state index contributed by atoms with van der Waals surface area (Å²) in [5, 5.41) is 17.5. The van der Waals surface area contributed by atoms with Crippen LogP contribution in [0.3, 0.4) is 0 Å². The Morgan fingerprint density at radius 3 is 2.56 bits per heavy atom. The van der Waals surface area contributed by atoms with Crippen molar-refractivity contribution in [3.63, 3.8) is 0 Å². The minimum Gasteiger partial charge on any atom is -0.453 e. The number of nitrogens with zero attached hydrogens (tertiary/aromatic N) is 5. The van der Waals surface area contributed by atoms with Crippen molar-refractivity contribution in [3.05, 3.63) is 59.1 Å². The first-order valence-corrected chi connectivity index (χ1v) is 13.8. The molecule has 1 aromatic carbocycles. The minimum atomic E-state index is -0.445. The number of carbonyl (C=O) groups excluding carboxylic acids is 2. The molecule has 41 heavy (non-hydrogen) atoms. The maximum absolute atomic E-state index is 14.4. The zero-order chi connectivity index (χ0) is 29.2. The van der Waals surface area contributed by atoms with Gasteiger partial charge in [0.1, 0.15) is 11.6 Å². The van der Waals surface area contributed by atoms with Gasteiger partial charge in [0.05, 0.1) is 24.2 Å². The molecule has 1 fully saturated rings. The summed E-state index contributed by atoms with van der Waals surface area (Å²) >= 11 is 6.04. The molecule has 2 aromatic heterocycles. The molecule has 1 aliphatic rings. The second-order valence-electron chi connectivity index (χ2n) is 9.66. The van der Waals surface area contributed by atoms with Crippen molar-refractivity contribution in [3.8, 4) is 11.3 Å². The zero-order valence-corrected chi connectivity index (χ0v) is 23.9. The van der Waals surface area contributed by atoms with E-state index in [9.17, 15) is 14.0 Å². The van der Waals surface area contributed by atoms with E-state index in [1.807, 2.05) is 0 Å². The number of benzene rings is 1. The lowest BCUT2D eigenvalue weighted by atomic mass is 10.1. The van der Waals surface area contributed by atoms with Crippen LogP contribution in [0.4, 0.5) is 26.4 Å². The summed E-state index contributed by atoms with van der Waals surface area (Å²) in [6, 6.07) is 9.47. The van der Waals surface area contributed by atoms with Crippen molar-refractivity contribution in [2.45, 2.75) is 19.8 Å². The van der Waals surface area contributed by atoms with Crippen LogP contribution in [0, 0.1) is 12.7 Å². The number of carbonyl (C=O) groups is 2. The fraction of sp³-hybridized carbons (Fsp3) is 0.393. The van der Waals surface area contributed by atoms with Crippen LogP contribution in [-0.2, 0) is 9.53 Å². The van der Waals surface area contributed by atoms with Crippen molar-refractivity contribution in [1.29, 1.82) is 0 Å². The molecule has 0 unspecified atom stereocenters. The lowest BCUT2D eigenvalue weighted by Crippen LogP contribution is -2.47. The number of anilines is 3. The lowest BCUT2D eigenvalue weighted by molar-refractivity contribution is -0.116. The van der Waals surface area contributed by atoms with E-state index in [0.29, 0.717) is 53.1 Å². The average molecular weight is 585 g/mol. The highest BCUT2D eigenvalue weighted by atomic mass is 35.5. The van der Waals surface area contributed by atoms with Gasteiger partial charge >= 0.3 is 6.09 Å². The summed E-state index contributed by atoms with van der Waals surface area (Å²) in [4.78, 5) is 32.6. The Balaban J connectivity index is 1.24. The quantitative estimate of drug-likeness (QED) is 0.286. The van der Waals surface area contributed by atoms with Crippen LogP contribution in [0.15, 0.2) is 42.6 Å². The molecule has 2 amide bonds. The molecular formula is C28H34ClFN8O3. The monoisotopic (exact) mass is 584 g/mol. The van der Waals surface area contributed by atoms with Crippen molar-refractivity contribution < 1.29 is 18.7 Å². The standard InChI is InChI=1S/C28H34ClFN8O3/c1-19-24(18-25(36-35-19)22-16-20(29)4-5-23(22)30)33-21-6-9-31-26(17-21)34-27(39)7-11-38-14-12-37(13-15-38)10-3-8-32-28(40)41-2/h4-6,9,16-18H,3,7-8,10-15H2,1-2H3,(H,32,40)(H2,31,33,34,36,39). The van der Waals surface area contributed by atoms with Crippen LogP contribution < -0.4 is 16.0 Å². The first-order chi connectivity index (χ1) is 19.8. The number of alkyl carbamates (subject to hydrolysis) is 1. The highest BCUT2D eigenvalue weighted by molar-refractivity contribution is 6.30. The number of hydrogen-bond donors (Lipinski definition) is 3. The minimum absolute atomic E-state index is 0.119. The second-order valence-corrected chi connectivity index (χ2v) is 10.1. The smallest absolute Gasteiger partial charge is 0.406 e. The molecule has 0 spiro atoms. The van der Waals surface area contributed by atoms with Crippen LogP contribution in [0.5, 0.6) is 0 Å². The van der Waals surface area contributed by atoms with E-state index >= 15 is 0 Å². The van der Waals surface area contributed by atoms with Crippen LogP contribution >= 0.6 is 11.6 Å². The molecule has 1 saturated heterocycles. The van der Waals surface area contributed by atoms with Gasteiger partial charge in [0.25, 0.3) is 0 Å². The van der Waals surface area contributed by atoms with Gasteiger partial charge < -0.3 is 30.5 Å². The van der Waals surface area contributed by atoms with Gasteiger partial charge in [-0.3, -0.25) is 4.79 Å². The Morgan fingerprint density at radius 1 is 1.05 bits per heavy atom. The van der Waals surface area contributed by atoms with Crippen LogP contribution in [-0.4, -0.2) is 89.9 Å². The van der Waals surface area contributed by atoms with Gasteiger partial charge in [0, 0.05) is 74.2 Å². The highest BCUT2D eigenvalue weighted by Gasteiger charge is 2.18. The molecule has 0 atom stereocenters. The third kappa shape index (κ3) is 9.07. The summed E-state index contributed by atoms with van der Waals surface area (Å²) in [6.07, 6.45) is 2.40. The molecule has 4 rings (SSSR count). The summed E-state index contributed by atoms with van der Waals surface area (Å²) in [5.74, 6) is -0.142. The SMILES string of the molecule is COC(=O)NCCCN1CCN(CCC(=O)Nc2cc(Nc3cc(-c4cc(Cl)ccc4F)nnc3C)ccn2)CC1. The van der Waals surface area contributed by atoms with Gasteiger partial charge in [0.15, 0.2) is 0 Å². The average Bonchev–Trinajstić information content (AvgIpc) is 2.97. The fourth-order valence-electron chi connectivity index (χ4n) is 4.40. The van der Waals surface area contributed by atoms with Crippen molar-refractivity contribution in [2.75, 3.05) is 63.6 Å². The van der Waals surface area contributed by atoms with E-state index in [1.54, 1.807) is 31.3 Å². The van der Waals surface area contributed by atoms with E-state index in [4.69, 9.17) is 11.6 Å². The third-order valence-corrected chi connectivity index (χ3v) is 6.95. The molecule has 11 nitrogen and oxygen atoms in total. The number of nitrogens with one attached hydrogen (secondary N) is 3. The van der Waals surface area contributed by atoms with E-state index < -0.39 is 11.9 Å². The topological polar surface area (TPSA) is 125 Å². The zero-order valence-electron chi connectivity index (χ0n) is 23.1. The number of amides is 2. The number of aryl methyl sites for hydroxylation is 1. The summed E-state index contributed by atoms with van der Waals surface area (Å²) in [7, 11) is 1.35. The van der Waals surface area contributed by atoms with Crippen LogP contribution in [0.1, 0.15) is 18.5 Å². The van der Waals surface area contributed by atoms with Crippen molar-refractivity contribution in [1.82, 2.24) is 30.3 Å².